The molecule has 0 aliphatic carbocycles. The number of carboxylic acids is 1. The Labute approximate surface area is 155 Å². The minimum absolute atomic E-state index is 0.0602. The van der Waals surface area contributed by atoms with Crippen LogP contribution in [-0.2, 0) is 30.8 Å². The Kier molecular flexibility index (Phi) is 4.60. The predicted octanol–water partition coefficient (Wildman–Crippen LogP) is 1.88. The molecule has 0 radical (unpaired) electrons. The summed E-state index contributed by atoms with van der Waals surface area (Å²) in [7, 11) is 0. The van der Waals surface area contributed by atoms with E-state index < -0.39 is 5.97 Å². The molecule has 1 aliphatic rings. The molecule has 0 atom stereocenters. The molecule has 0 amide bonds. The highest BCUT2D eigenvalue weighted by Crippen LogP contribution is 2.20. The normalized spacial score (nSPS) is 14.1. The number of rotatable bonds is 5. The van der Waals surface area contributed by atoms with Crippen molar-refractivity contribution in [2.45, 2.75) is 26.1 Å². The zero-order chi connectivity index (χ0) is 18.8. The fourth-order valence-electron chi connectivity index (χ4n) is 3.47. The van der Waals surface area contributed by atoms with Crippen LogP contribution in [0, 0.1) is 0 Å². The van der Waals surface area contributed by atoms with E-state index in [9.17, 15) is 9.59 Å². The summed E-state index contributed by atoms with van der Waals surface area (Å²) >= 11 is 0. The van der Waals surface area contributed by atoms with Gasteiger partial charge in [0.2, 0.25) is 0 Å². The lowest BCUT2D eigenvalue weighted by atomic mass is 10.1. The molecule has 1 aromatic carbocycles. The second-order valence-electron chi connectivity index (χ2n) is 6.69. The van der Waals surface area contributed by atoms with Crippen LogP contribution in [0.4, 0.5) is 0 Å². The van der Waals surface area contributed by atoms with Crippen molar-refractivity contribution in [1.82, 2.24) is 19.4 Å². The van der Waals surface area contributed by atoms with Gasteiger partial charge in [-0.2, -0.15) is 0 Å². The van der Waals surface area contributed by atoms with E-state index in [0.29, 0.717) is 30.9 Å². The molecule has 3 aromatic rings. The van der Waals surface area contributed by atoms with Crippen molar-refractivity contribution in [3.8, 4) is 11.4 Å². The van der Waals surface area contributed by atoms with Crippen molar-refractivity contribution in [2.24, 2.45) is 0 Å². The Balaban J connectivity index is 1.55. The minimum atomic E-state index is -0.870. The number of carbonyl (C=O) groups is 1. The third kappa shape index (κ3) is 3.68. The fourth-order valence-corrected chi connectivity index (χ4v) is 3.47. The molecular weight excluding hydrogens is 344 g/mol. The summed E-state index contributed by atoms with van der Waals surface area (Å²) in [6, 6.07) is 13.4. The first kappa shape index (κ1) is 17.2. The van der Waals surface area contributed by atoms with Crippen LogP contribution in [0.1, 0.15) is 17.0 Å². The highest BCUT2D eigenvalue weighted by Gasteiger charge is 2.22. The van der Waals surface area contributed by atoms with Crippen LogP contribution in [0.3, 0.4) is 0 Å². The zero-order valence-electron chi connectivity index (χ0n) is 14.8. The largest absolute Gasteiger partial charge is 0.480 e. The van der Waals surface area contributed by atoms with Gasteiger partial charge >= 0.3 is 5.97 Å². The van der Waals surface area contributed by atoms with Crippen molar-refractivity contribution in [1.29, 1.82) is 0 Å². The van der Waals surface area contributed by atoms with Crippen LogP contribution in [0.25, 0.3) is 11.4 Å². The summed E-state index contributed by atoms with van der Waals surface area (Å²) in [6.45, 7) is 1.82. The molecule has 4 rings (SSSR count). The monoisotopic (exact) mass is 364 g/mol. The molecule has 7 nitrogen and oxygen atoms in total. The first-order valence-electron chi connectivity index (χ1n) is 8.86. The lowest BCUT2D eigenvalue weighted by molar-refractivity contribution is -0.137. The number of hydrogen-bond acceptors (Lipinski definition) is 4. The molecule has 0 saturated carbocycles. The Morgan fingerprint density at radius 3 is 2.78 bits per heavy atom. The van der Waals surface area contributed by atoms with Gasteiger partial charge in [0.25, 0.3) is 5.56 Å². The quantitative estimate of drug-likeness (QED) is 0.721. The number of nitrogens with one attached hydrogen (secondary N) is 1. The SMILES string of the molecule is O=C(O)Cn1cccc1CN1CCc2nc(-c3ccccc3)[nH]c(=O)c2C1. The standard InChI is InChI=1S/C20H20N4O3/c25-18(26)13-24-9-4-7-15(24)11-23-10-8-17-16(12-23)20(27)22-19(21-17)14-5-2-1-3-6-14/h1-7,9H,8,10-13H2,(H,25,26)(H,21,22,27). The molecule has 138 valence electrons. The van der Waals surface area contributed by atoms with Gasteiger partial charge in [0, 0.05) is 43.5 Å². The Morgan fingerprint density at radius 2 is 2.00 bits per heavy atom. The van der Waals surface area contributed by atoms with Crippen LogP contribution < -0.4 is 5.56 Å². The van der Waals surface area contributed by atoms with E-state index in [2.05, 4.69) is 14.9 Å². The van der Waals surface area contributed by atoms with Gasteiger partial charge < -0.3 is 14.7 Å². The number of hydrogen-bond donors (Lipinski definition) is 2. The molecule has 3 heterocycles. The molecule has 0 saturated heterocycles. The van der Waals surface area contributed by atoms with Gasteiger partial charge in [0.05, 0.1) is 11.3 Å². The summed E-state index contributed by atoms with van der Waals surface area (Å²) in [5.74, 6) is -0.270. The van der Waals surface area contributed by atoms with Crippen LogP contribution >= 0.6 is 0 Å². The maximum atomic E-state index is 12.6. The fraction of sp³-hybridized carbons (Fsp3) is 0.250. The Bertz CT molecular complexity index is 1020. The molecule has 0 bridgehead atoms. The molecule has 27 heavy (non-hydrogen) atoms. The van der Waals surface area contributed by atoms with E-state index in [4.69, 9.17) is 5.11 Å². The third-order valence-corrected chi connectivity index (χ3v) is 4.81. The number of benzene rings is 1. The predicted molar refractivity (Wildman–Crippen MR) is 100 cm³/mol. The van der Waals surface area contributed by atoms with E-state index in [1.54, 1.807) is 10.8 Å². The first-order valence-corrected chi connectivity index (χ1v) is 8.86. The maximum absolute atomic E-state index is 12.6. The lowest BCUT2D eigenvalue weighted by Crippen LogP contribution is -2.36. The van der Waals surface area contributed by atoms with E-state index in [0.717, 1.165) is 23.5 Å². The van der Waals surface area contributed by atoms with Gasteiger partial charge in [0.1, 0.15) is 12.4 Å². The van der Waals surface area contributed by atoms with Crippen molar-refractivity contribution in [3.63, 3.8) is 0 Å². The van der Waals surface area contributed by atoms with E-state index in [1.165, 1.54) is 0 Å². The molecule has 0 fully saturated rings. The molecule has 7 heteroatoms. The second-order valence-corrected chi connectivity index (χ2v) is 6.69. The summed E-state index contributed by atoms with van der Waals surface area (Å²) in [5.41, 5.74) is 3.24. The van der Waals surface area contributed by atoms with Crippen molar-refractivity contribution in [2.75, 3.05) is 6.54 Å². The highest BCUT2D eigenvalue weighted by atomic mass is 16.4. The molecular formula is C20H20N4O3. The van der Waals surface area contributed by atoms with Crippen LogP contribution in [0.5, 0.6) is 0 Å². The summed E-state index contributed by atoms with van der Waals surface area (Å²) in [5, 5.41) is 9.01. The summed E-state index contributed by atoms with van der Waals surface area (Å²) in [6.07, 6.45) is 2.46. The van der Waals surface area contributed by atoms with Crippen LogP contribution in [0.15, 0.2) is 53.5 Å². The number of H-pyrrole nitrogens is 1. The first-order chi connectivity index (χ1) is 13.1. The molecule has 2 N–H and O–H groups in total. The molecule has 1 aliphatic heterocycles. The Hall–Kier alpha value is -3.19. The highest BCUT2D eigenvalue weighted by molar-refractivity contribution is 5.66. The number of aliphatic carboxylic acids is 1. The zero-order valence-corrected chi connectivity index (χ0v) is 14.8. The van der Waals surface area contributed by atoms with Gasteiger partial charge in [-0.1, -0.05) is 30.3 Å². The molecule has 0 spiro atoms. The third-order valence-electron chi connectivity index (χ3n) is 4.81. The smallest absolute Gasteiger partial charge is 0.323 e. The summed E-state index contributed by atoms with van der Waals surface area (Å²) in [4.78, 5) is 33.3. The topological polar surface area (TPSA) is 91.2 Å². The Morgan fingerprint density at radius 1 is 1.19 bits per heavy atom. The van der Waals surface area contributed by atoms with Crippen molar-refractivity contribution >= 4 is 5.97 Å². The van der Waals surface area contributed by atoms with E-state index in [-0.39, 0.29) is 12.1 Å². The molecule has 2 aromatic heterocycles. The average Bonchev–Trinajstić information content (AvgIpc) is 3.09. The van der Waals surface area contributed by atoms with Gasteiger partial charge in [0.15, 0.2) is 0 Å². The van der Waals surface area contributed by atoms with E-state index >= 15 is 0 Å². The minimum Gasteiger partial charge on any atom is -0.480 e. The molecule has 0 unspecified atom stereocenters. The number of fused-ring (bicyclic) bond motifs is 1. The lowest BCUT2D eigenvalue weighted by Gasteiger charge is -2.28. The van der Waals surface area contributed by atoms with Gasteiger partial charge in [-0.25, -0.2) is 4.98 Å². The van der Waals surface area contributed by atoms with Crippen LogP contribution in [0.2, 0.25) is 0 Å². The van der Waals surface area contributed by atoms with Crippen molar-refractivity contribution in [3.05, 3.63) is 76.0 Å². The second kappa shape index (κ2) is 7.20. The van der Waals surface area contributed by atoms with Gasteiger partial charge in [-0.15, -0.1) is 0 Å². The van der Waals surface area contributed by atoms with Crippen molar-refractivity contribution < 1.29 is 9.90 Å². The van der Waals surface area contributed by atoms with Crippen LogP contribution in [-0.4, -0.2) is 37.1 Å². The maximum Gasteiger partial charge on any atom is 0.323 e. The number of carboxylic acid groups (broad SMARTS) is 1. The number of nitrogens with zero attached hydrogens (tertiary/aromatic N) is 3. The summed E-state index contributed by atoms with van der Waals surface area (Å²) < 4.78 is 1.72. The number of aromatic amines is 1. The van der Waals surface area contributed by atoms with Gasteiger partial charge in [-0.05, 0) is 12.1 Å². The average molecular weight is 364 g/mol. The van der Waals surface area contributed by atoms with Gasteiger partial charge in [-0.3, -0.25) is 14.5 Å². The number of aromatic nitrogens is 3. The van der Waals surface area contributed by atoms with E-state index in [1.807, 2.05) is 42.5 Å².